The molecule has 1 fully saturated rings. The highest BCUT2D eigenvalue weighted by molar-refractivity contribution is 5.42. The number of hydrogen-bond donors (Lipinski definition) is 0. The summed E-state index contributed by atoms with van der Waals surface area (Å²) >= 11 is 0. The first-order chi connectivity index (χ1) is 12.2. The lowest BCUT2D eigenvalue weighted by Crippen LogP contribution is -2.37. The second-order valence-corrected chi connectivity index (χ2v) is 7.49. The predicted molar refractivity (Wildman–Crippen MR) is 96.5 cm³/mol. The first-order valence-corrected chi connectivity index (χ1v) is 9.34. The first kappa shape index (κ1) is 16.5. The van der Waals surface area contributed by atoms with Crippen LogP contribution in [0.5, 0.6) is 0 Å². The maximum Gasteiger partial charge on any atom is 0.151 e. The Morgan fingerprint density at radius 1 is 1.16 bits per heavy atom. The van der Waals surface area contributed by atoms with E-state index in [-0.39, 0.29) is 0 Å². The number of nitrogens with zero attached hydrogens (tertiary/aromatic N) is 5. The van der Waals surface area contributed by atoms with Crippen molar-refractivity contribution in [1.29, 1.82) is 0 Å². The molecule has 134 valence electrons. The fourth-order valence-corrected chi connectivity index (χ4v) is 4.15. The molecule has 2 aromatic rings. The Bertz CT molecular complexity index is 705. The molecule has 1 aliphatic carbocycles. The zero-order chi connectivity index (χ0) is 17.2. The molecule has 2 aliphatic rings. The number of rotatable bonds is 5. The Balaban J connectivity index is 1.47. The van der Waals surface area contributed by atoms with Crippen LogP contribution in [0.3, 0.4) is 0 Å². The Morgan fingerprint density at radius 2 is 2.00 bits per heavy atom. The van der Waals surface area contributed by atoms with Crippen LogP contribution < -0.4 is 4.90 Å². The minimum absolute atomic E-state index is 0.320. The van der Waals surface area contributed by atoms with Crippen LogP contribution in [0.1, 0.15) is 48.7 Å². The van der Waals surface area contributed by atoms with Crippen molar-refractivity contribution in [3.63, 3.8) is 0 Å². The standard InChI is InChI=1S/C19H27N5O/c1-14-7-8-18(22-21-14)24-9-16(12-25-11-15-5-3-4-6-15)19-17(10-24)20-13-23(19)2/h7-8,13,15-16H,3-6,9-12H2,1-2H3. The molecule has 6 heteroatoms. The summed E-state index contributed by atoms with van der Waals surface area (Å²) in [6, 6.07) is 4.06. The molecule has 0 saturated heterocycles. The van der Waals surface area contributed by atoms with Gasteiger partial charge in [0.15, 0.2) is 5.82 Å². The summed E-state index contributed by atoms with van der Waals surface area (Å²) in [6.07, 6.45) is 7.30. The second-order valence-electron chi connectivity index (χ2n) is 7.49. The largest absolute Gasteiger partial charge is 0.380 e. The van der Waals surface area contributed by atoms with Crippen LogP contribution in [-0.2, 0) is 18.3 Å². The molecule has 1 saturated carbocycles. The van der Waals surface area contributed by atoms with Gasteiger partial charge in [-0.05, 0) is 37.8 Å². The smallest absolute Gasteiger partial charge is 0.151 e. The molecule has 3 heterocycles. The molecule has 0 aromatic carbocycles. The van der Waals surface area contributed by atoms with E-state index in [0.29, 0.717) is 5.92 Å². The number of anilines is 1. The zero-order valence-electron chi connectivity index (χ0n) is 15.2. The van der Waals surface area contributed by atoms with Gasteiger partial charge in [-0.25, -0.2) is 4.98 Å². The third-order valence-corrected chi connectivity index (χ3v) is 5.49. The van der Waals surface area contributed by atoms with Crippen LogP contribution in [0, 0.1) is 12.8 Å². The second kappa shape index (κ2) is 7.12. The molecule has 6 nitrogen and oxygen atoms in total. The zero-order valence-corrected chi connectivity index (χ0v) is 15.2. The molecule has 4 rings (SSSR count). The number of hydrogen-bond acceptors (Lipinski definition) is 5. The Hall–Kier alpha value is -1.95. The van der Waals surface area contributed by atoms with Crippen LogP contribution >= 0.6 is 0 Å². The number of fused-ring (bicyclic) bond motifs is 1. The lowest BCUT2D eigenvalue weighted by atomic mass is 9.99. The van der Waals surface area contributed by atoms with Crippen LogP contribution in [0.4, 0.5) is 5.82 Å². The normalized spacial score (nSPS) is 20.9. The molecule has 0 spiro atoms. The highest BCUT2D eigenvalue weighted by Crippen LogP contribution is 2.31. The predicted octanol–water partition coefficient (Wildman–Crippen LogP) is 2.83. The highest BCUT2D eigenvalue weighted by Gasteiger charge is 2.30. The molecular formula is C19H27N5O. The summed E-state index contributed by atoms with van der Waals surface area (Å²) in [5, 5.41) is 8.57. The summed E-state index contributed by atoms with van der Waals surface area (Å²) in [5.74, 6) is 2.00. The number of aryl methyl sites for hydroxylation is 2. The summed E-state index contributed by atoms with van der Waals surface area (Å²) in [6.45, 7) is 5.29. The summed E-state index contributed by atoms with van der Waals surface area (Å²) in [4.78, 5) is 6.87. The molecule has 25 heavy (non-hydrogen) atoms. The quantitative estimate of drug-likeness (QED) is 0.837. The van der Waals surface area contributed by atoms with Gasteiger partial charge in [0, 0.05) is 31.8 Å². The van der Waals surface area contributed by atoms with Gasteiger partial charge < -0.3 is 14.2 Å². The van der Waals surface area contributed by atoms with Crippen molar-refractivity contribution in [1.82, 2.24) is 19.7 Å². The fraction of sp³-hybridized carbons (Fsp3) is 0.632. The Morgan fingerprint density at radius 3 is 2.76 bits per heavy atom. The molecule has 0 radical (unpaired) electrons. The average molecular weight is 341 g/mol. The maximum absolute atomic E-state index is 6.14. The van der Waals surface area contributed by atoms with Crippen LogP contribution in [0.2, 0.25) is 0 Å². The van der Waals surface area contributed by atoms with Gasteiger partial charge in [-0.3, -0.25) is 0 Å². The SMILES string of the molecule is Cc1ccc(N2Cc3ncn(C)c3C(COCC3CCCC3)C2)nn1. The molecule has 1 atom stereocenters. The number of imidazole rings is 1. The molecule has 1 aliphatic heterocycles. The molecule has 1 unspecified atom stereocenters. The van der Waals surface area contributed by atoms with E-state index in [2.05, 4.69) is 31.7 Å². The highest BCUT2D eigenvalue weighted by atomic mass is 16.5. The molecule has 0 bridgehead atoms. The third kappa shape index (κ3) is 3.54. The van der Waals surface area contributed by atoms with Crippen molar-refractivity contribution < 1.29 is 4.74 Å². The van der Waals surface area contributed by atoms with Crippen LogP contribution in [0.25, 0.3) is 0 Å². The molecule has 2 aromatic heterocycles. The first-order valence-electron chi connectivity index (χ1n) is 9.34. The van der Waals surface area contributed by atoms with Gasteiger partial charge in [0.2, 0.25) is 0 Å². The topological polar surface area (TPSA) is 56.1 Å². The fourth-order valence-electron chi connectivity index (χ4n) is 4.15. The van der Waals surface area contributed by atoms with E-state index in [1.165, 1.54) is 31.4 Å². The van der Waals surface area contributed by atoms with Gasteiger partial charge >= 0.3 is 0 Å². The van der Waals surface area contributed by atoms with Crippen molar-refractivity contribution in [2.45, 2.75) is 45.1 Å². The molecular weight excluding hydrogens is 314 g/mol. The van der Waals surface area contributed by atoms with Gasteiger partial charge in [0.1, 0.15) is 0 Å². The van der Waals surface area contributed by atoms with E-state index in [0.717, 1.165) is 49.4 Å². The lowest BCUT2D eigenvalue weighted by Gasteiger charge is -2.33. The molecule has 0 amide bonds. The van der Waals surface area contributed by atoms with E-state index in [9.17, 15) is 0 Å². The monoisotopic (exact) mass is 341 g/mol. The minimum atomic E-state index is 0.320. The Labute approximate surface area is 149 Å². The lowest BCUT2D eigenvalue weighted by molar-refractivity contribution is 0.0878. The number of aromatic nitrogens is 4. The van der Waals surface area contributed by atoms with Crippen molar-refractivity contribution in [2.24, 2.45) is 13.0 Å². The minimum Gasteiger partial charge on any atom is -0.380 e. The van der Waals surface area contributed by atoms with Gasteiger partial charge in [0.25, 0.3) is 0 Å². The van der Waals surface area contributed by atoms with E-state index >= 15 is 0 Å². The van der Waals surface area contributed by atoms with Crippen molar-refractivity contribution in [3.05, 3.63) is 35.5 Å². The average Bonchev–Trinajstić information content (AvgIpc) is 3.26. The van der Waals surface area contributed by atoms with Gasteiger partial charge in [-0.15, -0.1) is 5.10 Å². The summed E-state index contributed by atoms with van der Waals surface area (Å²) in [5.41, 5.74) is 3.38. The van der Waals surface area contributed by atoms with Gasteiger partial charge in [-0.2, -0.15) is 5.10 Å². The van der Waals surface area contributed by atoms with Crippen LogP contribution in [-0.4, -0.2) is 39.5 Å². The van der Waals surface area contributed by atoms with E-state index in [1.807, 2.05) is 25.4 Å². The Kier molecular flexibility index (Phi) is 4.70. The van der Waals surface area contributed by atoms with Crippen molar-refractivity contribution in [3.8, 4) is 0 Å². The van der Waals surface area contributed by atoms with Crippen molar-refractivity contribution >= 4 is 5.82 Å². The summed E-state index contributed by atoms with van der Waals surface area (Å²) < 4.78 is 8.29. The van der Waals surface area contributed by atoms with E-state index < -0.39 is 0 Å². The van der Waals surface area contributed by atoms with Crippen molar-refractivity contribution in [2.75, 3.05) is 24.7 Å². The van der Waals surface area contributed by atoms with Gasteiger partial charge in [0.05, 0.1) is 30.9 Å². The van der Waals surface area contributed by atoms with E-state index in [4.69, 9.17) is 4.74 Å². The van der Waals surface area contributed by atoms with Gasteiger partial charge in [-0.1, -0.05) is 12.8 Å². The number of ether oxygens (including phenoxy) is 1. The maximum atomic E-state index is 6.14. The summed E-state index contributed by atoms with van der Waals surface area (Å²) in [7, 11) is 2.08. The third-order valence-electron chi connectivity index (χ3n) is 5.49. The van der Waals surface area contributed by atoms with Crippen LogP contribution in [0.15, 0.2) is 18.5 Å². The van der Waals surface area contributed by atoms with E-state index in [1.54, 1.807) is 0 Å². The molecule has 0 N–H and O–H groups in total.